The highest BCUT2D eigenvalue weighted by molar-refractivity contribution is 5.85. The highest BCUT2D eigenvalue weighted by atomic mass is 35.5. The molecule has 0 bridgehead atoms. The SMILES string of the molecule is CC1CN(Cc2ccc(C#N)cc2)CC(C)N1.Cl. The molecule has 1 aliphatic rings. The third-order valence-corrected chi connectivity index (χ3v) is 3.12. The van der Waals surface area contributed by atoms with Gasteiger partial charge < -0.3 is 5.32 Å². The van der Waals surface area contributed by atoms with Crippen molar-refractivity contribution in [1.82, 2.24) is 10.2 Å². The Balaban J connectivity index is 0.00000162. The number of rotatable bonds is 2. The molecule has 2 unspecified atom stereocenters. The van der Waals surface area contributed by atoms with Crippen LogP contribution in [0, 0.1) is 11.3 Å². The van der Waals surface area contributed by atoms with Crippen molar-refractivity contribution in [2.24, 2.45) is 0 Å². The summed E-state index contributed by atoms with van der Waals surface area (Å²) in [5.74, 6) is 0. The second-order valence-electron chi connectivity index (χ2n) is 4.97. The summed E-state index contributed by atoms with van der Waals surface area (Å²) in [4.78, 5) is 2.47. The predicted octanol–water partition coefficient (Wildman–Crippen LogP) is 2.16. The molecule has 2 atom stereocenters. The van der Waals surface area contributed by atoms with Crippen molar-refractivity contribution < 1.29 is 0 Å². The molecule has 0 spiro atoms. The molecule has 0 aliphatic carbocycles. The summed E-state index contributed by atoms with van der Waals surface area (Å²) in [6, 6.07) is 11.1. The van der Waals surface area contributed by atoms with E-state index in [4.69, 9.17) is 5.26 Å². The van der Waals surface area contributed by atoms with Crippen LogP contribution in [0.4, 0.5) is 0 Å². The molecule has 1 aliphatic heterocycles. The van der Waals surface area contributed by atoms with Crippen LogP contribution in [0.5, 0.6) is 0 Å². The first-order valence-corrected chi connectivity index (χ1v) is 6.15. The minimum Gasteiger partial charge on any atom is -0.309 e. The third-order valence-electron chi connectivity index (χ3n) is 3.12. The quantitative estimate of drug-likeness (QED) is 0.891. The summed E-state index contributed by atoms with van der Waals surface area (Å²) >= 11 is 0. The van der Waals surface area contributed by atoms with Crippen LogP contribution in [0.1, 0.15) is 25.0 Å². The van der Waals surface area contributed by atoms with Gasteiger partial charge in [0.05, 0.1) is 11.6 Å². The molecule has 3 nitrogen and oxygen atoms in total. The summed E-state index contributed by atoms with van der Waals surface area (Å²) in [6.07, 6.45) is 0. The first kappa shape index (κ1) is 15.0. The Bertz CT molecular complexity index is 400. The Kier molecular flexibility index (Phi) is 5.61. The Morgan fingerprint density at radius 1 is 1.22 bits per heavy atom. The maximum Gasteiger partial charge on any atom is 0.0991 e. The van der Waals surface area contributed by atoms with Gasteiger partial charge in [-0.25, -0.2) is 0 Å². The first-order chi connectivity index (χ1) is 8.17. The molecule has 1 saturated heterocycles. The Labute approximate surface area is 115 Å². The van der Waals surface area contributed by atoms with E-state index in [-0.39, 0.29) is 12.4 Å². The maximum absolute atomic E-state index is 8.75. The van der Waals surface area contributed by atoms with E-state index in [1.807, 2.05) is 12.1 Å². The Hall–Kier alpha value is -1.08. The van der Waals surface area contributed by atoms with Crippen molar-refractivity contribution in [3.63, 3.8) is 0 Å². The lowest BCUT2D eigenvalue weighted by atomic mass is 10.1. The minimum absolute atomic E-state index is 0. The van der Waals surface area contributed by atoms with E-state index in [2.05, 4.69) is 42.3 Å². The van der Waals surface area contributed by atoms with Gasteiger partial charge in [-0.2, -0.15) is 5.26 Å². The standard InChI is InChI=1S/C14H19N3.ClH/c1-11-8-17(9-12(2)16-11)10-14-5-3-13(7-15)4-6-14;/h3-6,11-12,16H,8-10H2,1-2H3;1H. The number of piperazine rings is 1. The lowest BCUT2D eigenvalue weighted by Gasteiger charge is -2.36. The molecule has 0 saturated carbocycles. The number of nitrogens with one attached hydrogen (secondary N) is 1. The molecule has 0 aromatic heterocycles. The van der Waals surface area contributed by atoms with Crippen molar-refractivity contribution in [3.8, 4) is 6.07 Å². The van der Waals surface area contributed by atoms with Gasteiger partial charge in [0, 0.05) is 31.7 Å². The molecular formula is C14H20ClN3. The fourth-order valence-electron chi connectivity index (χ4n) is 2.51. The summed E-state index contributed by atoms with van der Waals surface area (Å²) in [5.41, 5.74) is 2.01. The molecule has 1 heterocycles. The van der Waals surface area contributed by atoms with Crippen LogP contribution in [0.15, 0.2) is 24.3 Å². The molecule has 2 rings (SSSR count). The molecule has 4 heteroatoms. The molecule has 18 heavy (non-hydrogen) atoms. The van der Waals surface area contributed by atoms with Crippen LogP contribution < -0.4 is 5.32 Å². The second kappa shape index (κ2) is 6.75. The highest BCUT2D eigenvalue weighted by Crippen LogP contribution is 2.11. The van der Waals surface area contributed by atoms with Gasteiger partial charge in [0.1, 0.15) is 0 Å². The lowest BCUT2D eigenvalue weighted by Crippen LogP contribution is -2.53. The Morgan fingerprint density at radius 3 is 2.28 bits per heavy atom. The maximum atomic E-state index is 8.75. The number of benzene rings is 1. The molecule has 1 N–H and O–H groups in total. The van der Waals surface area contributed by atoms with Crippen molar-refractivity contribution in [2.75, 3.05) is 13.1 Å². The van der Waals surface area contributed by atoms with E-state index in [0.717, 1.165) is 25.2 Å². The fourth-order valence-corrected chi connectivity index (χ4v) is 2.51. The minimum atomic E-state index is 0. The van der Waals surface area contributed by atoms with Gasteiger partial charge in [-0.3, -0.25) is 4.90 Å². The molecule has 1 fully saturated rings. The van der Waals surface area contributed by atoms with Gasteiger partial charge in [-0.05, 0) is 31.5 Å². The van der Waals surface area contributed by atoms with Crippen molar-refractivity contribution in [2.45, 2.75) is 32.5 Å². The van der Waals surface area contributed by atoms with Crippen molar-refractivity contribution in [3.05, 3.63) is 35.4 Å². The van der Waals surface area contributed by atoms with E-state index >= 15 is 0 Å². The molecule has 1 aromatic rings. The zero-order valence-corrected chi connectivity index (χ0v) is 11.7. The van der Waals surface area contributed by atoms with Gasteiger partial charge >= 0.3 is 0 Å². The average molecular weight is 266 g/mol. The number of hydrogen-bond donors (Lipinski definition) is 1. The van der Waals surface area contributed by atoms with Crippen LogP contribution in [0.3, 0.4) is 0 Å². The normalized spacial score (nSPS) is 24.1. The number of halogens is 1. The molecule has 98 valence electrons. The summed E-state index contributed by atoms with van der Waals surface area (Å²) < 4.78 is 0. The third kappa shape index (κ3) is 3.99. The van der Waals surface area contributed by atoms with Gasteiger partial charge in [-0.15, -0.1) is 12.4 Å². The largest absolute Gasteiger partial charge is 0.309 e. The molecular weight excluding hydrogens is 246 g/mol. The van der Waals surface area contributed by atoms with Crippen LogP contribution in [0.25, 0.3) is 0 Å². The summed E-state index contributed by atoms with van der Waals surface area (Å²) in [6.45, 7) is 7.60. The molecule has 0 radical (unpaired) electrons. The van der Waals surface area contributed by atoms with E-state index in [1.165, 1.54) is 5.56 Å². The van der Waals surface area contributed by atoms with Crippen LogP contribution in [-0.4, -0.2) is 30.1 Å². The van der Waals surface area contributed by atoms with Gasteiger partial charge in [0.15, 0.2) is 0 Å². The van der Waals surface area contributed by atoms with Gasteiger partial charge in [-0.1, -0.05) is 12.1 Å². The van der Waals surface area contributed by atoms with E-state index in [9.17, 15) is 0 Å². The smallest absolute Gasteiger partial charge is 0.0991 e. The first-order valence-electron chi connectivity index (χ1n) is 6.15. The van der Waals surface area contributed by atoms with E-state index < -0.39 is 0 Å². The van der Waals surface area contributed by atoms with Crippen LogP contribution in [-0.2, 0) is 6.54 Å². The summed E-state index contributed by atoms with van der Waals surface area (Å²) in [7, 11) is 0. The number of nitrogens with zero attached hydrogens (tertiary/aromatic N) is 2. The summed E-state index contributed by atoms with van der Waals surface area (Å²) in [5, 5.41) is 12.3. The number of nitriles is 1. The highest BCUT2D eigenvalue weighted by Gasteiger charge is 2.20. The predicted molar refractivity (Wildman–Crippen MR) is 75.7 cm³/mol. The Morgan fingerprint density at radius 2 is 1.78 bits per heavy atom. The van der Waals surface area contributed by atoms with Crippen molar-refractivity contribution in [1.29, 1.82) is 5.26 Å². The zero-order valence-electron chi connectivity index (χ0n) is 10.9. The second-order valence-corrected chi connectivity index (χ2v) is 4.97. The zero-order chi connectivity index (χ0) is 12.3. The van der Waals surface area contributed by atoms with Crippen LogP contribution in [0.2, 0.25) is 0 Å². The monoisotopic (exact) mass is 265 g/mol. The lowest BCUT2D eigenvalue weighted by molar-refractivity contribution is 0.166. The van der Waals surface area contributed by atoms with E-state index in [0.29, 0.717) is 12.1 Å². The molecule has 0 amide bonds. The van der Waals surface area contributed by atoms with Crippen LogP contribution >= 0.6 is 12.4 Å². The molecule has 1 aromatic carbocycles. The van der Waals surface area contributed by atoms with Gasteiger partial charge in [0.2, 0.25) is 0 Å². The average Bonchev–Trinajstić information content (AvgIpc) is 2.28. The fraction of sp³-hybridized carbons (Fsp3) is 0.500. The topological polar surface area (TPSA) is 39.1 Å². The number of hydrogen-bond acceptors (Lipinski definition) is 3. The van der Waals surface area contributed by atoms with Crippen molar-refractivity contribution >= 4 is 12.4 Å². The van der Waals surface area contributed by atoms with E-state index in [1.54, 1.807) is 0 Å². The van der Waals surface area contributed by atoms with Gasteiger partial charge in [0.25, 0.3) is 0 Å².